The summed E-state index contributed by atoms with van der Waals surface area (Å²) in [6.07, 6.45) is 0.154. The molecule has 4 aromatic carbocycles. The Hall–Kier alpha value is -4.23. The number of benzene rings is 4. The van der Waals surface area contributed by atoms with Crippen LogP contribution in [0.15, 0.2) is 97.1 Å². The van der Waals surface area contributed by atoms with E-state index in [1.54, 1.807) is 36.4 Å². The Bertz CT molecular complexity index is 1220. The van der Waals surface area contributed by atoms with E-state index in [1.807, 2.05) is 48.5 Å². The van der Waals surface area contributed by atoms with Gasteiger partial charge in [0, 0.05) is 0 Å². The van der Waals surface area contributed by atoms with Crippen LogP contribution in [0.1, 0.15) is 11.1 Å². The number of hydrogen-bond acceptors (Lipinski definition) is 3. The molecule has 0 N–H and O–H groups in total. The first-order chi connectivity index (χ1) is 15.1. The maximum atomic E-state index is 13.1. The van der Waals surface area contributed by atoms with Crippen LogP contribution >= 0.6 is 0 Å². The van der Waals surface area contributed by atoms with Gasteiger partial charge in [-0.2, -0.15) is 5.26 Å². The molecule has 150 valence electrons. The molecule has 0 aliphatic rings. The van der Waals surface area contributed by atoms with E-state index >= 15 is 0 Å². The fourth-order valence-corrected chi connectivity index (χ4v) is 3.24. The Morgan fingerprint density at radius 1 is 0.710 bits per heavy atom. The van der Waals surface area contributed by atoms with Crippen molar-refractivity contribution in [1.82, 2.24) is 0 Å². The summed E-state index contributed by atoms with van der Waals surface area (Å²) >= 11 is 0. The van der Waals surface area contributed by atoms with Crippen LogP contribution in [0, 0.1) is 17.1 Å². The molecular formula is C27H18FNO2. The fourth-order valence-electron chi connectivity index (χ4n) is 3.24. The lowest BCUT2D eigenvalue weighted by Gasteiger charge is -2.07. The quantitative estimate of drug-likeness (QED) is 0.293. The molecule has 0 aliphatic carbocycles. The second-order valence-electron chi connectivity index (χ2n) is 7.07. The van der Waals surface area contributed by atoms with Crippen LogP contribution in [-0.2, 0) is 11.2 Å². The summed E-state index contributed by atoms with van der Waals surface area (Å²) in [4.78, 5) is 12.3. The Balaban J connectivity index is 1.37. The number of rotatable bonds is 5. The molecule has 4 aromatic rings. The van der Waals surface area contributed by atoms with Crippen molar-refractivity contribution in [2.75, 3.05) is 0 Å². The van der Waals surface area contributed by atoms with Crippen molar-refractivity contribution in [1.29, 1.82) is 5.26 Å². The normalized spacial score (nSPS) is 10.3. The van der Waals surface area contributed by atoms with Gasteiger partial charge in [0.25, 0.3) is 0 Å². The van der Waals surface area contributed by atoms with Crippen LogP contribution in [0.4, 0.5) is 4.39 Å². The molecule has 3 nitrogen and oxygen atoms in total. The smallest absolute Gasteiger partial charge is 0.315 e. The Kier molecular flexibility index (Phi) is 5.86. The summed E-state index contributed by atoms with van der Waals surface area (Å²) in [5.41, 5.74) is 5.28. The molecule has 0 saturated heterocycles. The fraction of sp³-hybridized carbons (Fsp3) is 0.0370. The SMILES string of the molecule is N#Cc1ccc(-c2ccc(OC(=O)Cc3ccc(-c4ccc(F)cc4)cc3)cc2)cc1. The zero-order valence-electron chi connectivity index (χ0n) is 16.6. The van der Waals surface area contributed by atoms with Gasteiger partial charge in [-0.05, 0) is 64.2 Å². The van der Waals surface area contributed by atoms with Crippen molar-refractivity contribution in [3.63, 3.8) is 0 Å². The first-order valence-electron chi connectivity index (χ1n) is 9.77. The number of carbonyl (C=O) groups is 1. The van der Waals surface area contributed by atoms with Crippen molar-refractivity contribution < 1.29 is 13.9 Å². The third kappa shape index (κ3) is 5.04. The van der Waals surface area contributed by atoms with Crippen molar-refractivity contribution >= 4 is 5.97 Å². The van der Waals surface area contributed by atoms with Gasteiger partial charge < -0.3 is 4.74 Å². The minimum atomic E-state index is -0.347. The molecule has 0 aromatic heterocycles. The van der Waals surface area contributed by atoms with Gasteiger partial charge in [0.15, 0.2) is 0 Å². The van der Waals surface area contributed by atoms with Gasteiger partial charge in [-0.3, -0.25) is 4.79 Å². The van der Waals surface area contributed by atoms with Crippen LogP contribution < -0.4 is 4.74 Å². The average Bonchev–Trinajstić information content (AvgIpc) is 2.81. The highest BCUT2D eigenvalue weighted by atomic mass is 19.1. The number of hydrogen-bond donors (Lipinski definition) is 0. The standard InChI is InChI=1S/C27H18FNO2/c28-25-13-9-23(10-14-25)21-5-1-19(2-6-21)17-27(30)31-26-15-11-24(12-16-26)22-7-3-20(18-29)4-8-22/h1-16H,17H2. The molecular weight excluding hydrogens is 389 g/mol. The molecule has 0 fully saturated rings. The predicted octanol–water partition coefficient (Wildman–Crippen LogP) is 6.18. The van der Waals surface area contributed by atoms with E-state index in [0.29, 0.717) is 11.3 Å². The van der Waals surface area contributed by atoms with Gasteiger partial charge in [-0.1, -0.05) is 60.7 Å². The van der Waals surface area contributed by atoms with E-state index in [-0.39, 0.29) is 18.2 Å². The number of esters is 1. The summed E-state index contributed by atoms with van der Waals surface area (Å²) in [6, 6.07) is 30.5. The van der Waals surface area contributed by atoms with Crippen LogP contribution in [0.5, 0.6) is 5.75 Å². The summed E-state index contributed by atoms with van der Waals surface area (Å²) < 4.78 is 18.5. The monoisotopic (exact) mass is 407 g/mol. The number of ether oxygens (including phenoxy) is 1. The van der Waals surface area contributed by atoms with Crippen molar-refractivity contribution in [3.8, 4) is 34.1 Å². The molecule has 0 radical (unpaired) electrons. The maximum Gasteiger partial charge on any atom is 0.315 e. The molecule has 0 aliphatic heterocycles. The lowest BCUT2D eigenvalue weighted by atomic mass is 10.0. The van der Waals surface area contributed by atoms with Gasteiger partial charge in [-0.15, -0.1) is 0 Å². The summed E-state index contributed by atoms with van der Waals surface area (Å²) in [5.74, 6) is -0.140. The molecule has 4 heteroatoms. The van der Waals surface area contributed by atoms with Gasteiger partial charge in [-0.25, -0.2) is 4.39 Å². The second-order valence-corrected chi connectivity index (χ2v) is 7.07. The number of carbonyl (C=O) groups excluding carboxylic acids is 1. The zero-order chi connectivity index (χ0) is 21.6. The van der Waals surface area contributed by atoms with E-state index in [1.165, 1.54) is 12.1 Å². The van der Waals surface area contributed by atoms with Crippen LogP contribution in [0.2, 0.25) is 0 Å². The largest absolute Gasteiger partial charge is 0.426 e. The molecule has 0 saturated carbocycles. The lowest BCUT2D eigenvalue weighted by Crippen LogP contribution is -2.11. The molecule has 0 bridgehead atoms. The first-order valence-corrected chi connectivity index (χ1v) is 9.77. The zero-order valence-corrected chi connectivity index (χ0v) is 16.6. The maximum absolute atomic E-state index is 13.1. The lowest BCUT2D eigenvalue weighted by molar-refractivity contribution is -0.133. The van der Waals surface area contributed by atoms with Crippen LogP contribution in [0.3, 0.4) is 0 Å². The van der Waals surface area contributed by atoms with E-state index in [4.69, 9.17) is 10.00 Å². The highest BCUT2D eigenvalue weighted by Gasteiger charge is 2.08. The van der Waals surface area contributed by atoms with E-state index in [0.717, 1.165) is 27.8 Å². The van der Waals surface area contributed by atoms with Crippen molar-refractivity contribution in [2.45, 2.75) is 6.42 Å². The number of nitriles is 1. The summed E-state index contributed by atoms with van der Waals surface area (Å²) in [7, 11) is 0. The minimum absolute atomic E-state index is 0.154. The molecule has 0 heterocycles. The van der Waals surface area contributed by atoms with E-state index < -0.39 is 0 Å². The minimum Gasteiger partial charge on any atom is -0.426 e. The summed E-state index contributed by atoms with van der Waals surface area (Å²) in [6.45, 7) is 0. The van der Waals surface area contributed by atoms with Gasteiger partial charge in [0.1, 0.15) is 11.6 Å². The third-order valence-corrected chi connectivity index (χ3v) is 4.91. The van der Waals surface area contributed by atoms with Crippen molar-refractivity contribution in [2.24, 2.45) is 0 Å². The average molecular weight is 407 g/mol. The predicted molar refractivity (Wildman–Crippen MR) is 118 cm³/mol. The summed E-state index contributed by atoms with van der Waals surface area (Å²) in [5, 5.41) is 8.89. The first kappa shape index (κ1) is 20.1. The highest BCUT2D eigenvalue weighted by molar-refractivity contribution is 5.76. The molecule has 4 rings (SSSR count). The van der Waals surface area contributed by atoms with Crippen LogP contribution in [0.25, 0.3) is 22.3 Å². The van der Waals surface area contributed by atoms with Gasteiger partial charge in [0.2, 0.25) is 0 Å². The van der Waals surface area contributed by atoms with E-state index in [2.05, 4.69) is 6.07 Å². The Morgan fingerprint density at radius 3 is 1.68 bits per heavy atom. The number of halogens is 1. The Morgan fingerprint density at radius 2 is 1.16 bits per heavy atom. The molecule has 0 unspecified atom stereocenters. The third-order valence-electron chi connectivity index (χ3n) is 4.91. The van der Waals surface area contributed by atoms with Gasteiger partial charge >= 0.3 is 5.97 Å². The van der Waals surface area contributed by atoms with E-state index in [9.17, 15) is 9.18 Å². The molecule has 0 atom stereocenters. The highest BCUT2D eigenvalue weighted by Crippen LogP contribution is 2.24. The molecule has 31 heavy (non-hydrogen) atoms. The topological polar surface area (TPSA) is 50.1 Å². The Labute approximate surface area is 180 Å². The molecule has 0 spiro atoms. The second kappa shape index (κ2) is 9.06. The van der Waals surface area contributed by atoms with Crippen LogP contribution in [-0.4, -0.2) is 5.97 Å². The molecule has 0 amide bonds. The van der Waals surface area contributed by atoms with Crippen molar-refractivity contribution in [3.05, 3.63) is 114 Å². The van der Waals surface area contributed by atoms with Gasteiger partial charge in [0.05, 0.1) is 18.1 Å². The number of nitrogens with zero attached hydrogens (tertiary/aromatic N) is 1.